The maximum atomic E-state index is 11.4. The first kappa shape index (κ1) is 14.8. The largest absolute Gasteiger partial charge is 0.493 e. The molecule has 0 aliphatic heterocycles. The zero-order valence-corrected chi connectivity index (χ0v) is 10.9. The molecule has 6 heteroatoms. The Morgan fingerprint density at radius 1 is 1.32 bits per heavy atom. The standard InChI is InChI=1S/C13H17NO5/c1-9(13(16)17)14-12(15)7-8-19-11-6-4-3-5-10(11)18-2/h3-6,9H,7-8H2,1-2H3,(H,14,15)(H,16,17)/t9-/m1/s1. The van der Waals surface area contributed by atoms with Crippen LogP contribution in [0.15, 0.2) is 24.3 Å². The fourth-order valence-corrected chi connectivity index (χ4v) is 1.37. The summed E-state index contributed by atoms with van der Waals surface area (Å²) in [5.41, 5.74) is 0. The third kappa shape index (κ3) is 4.87. The van der Waals surface area contributed by atoms with Crippen molar-refractivity contribution in [2.45, 2.75) is 19.4 Å². The highest BCUT2D eigenvalue weighted by molar-refractivity contribution is 5.83. The molecule has 104 valence electrons. The van der Waals surface area contributed by atoms with Crippen LogP contribution in [0.25, 0.3) is 0 Å². The van der Waals surface area contributed by atoms with E-state index in [1.807, 2.05) is 6.07 Å². The van der Waals surface area contributed by atoms with Crippen molar-refractivity contribution in [3.63, 3.8) is 0 Å². The van der Waals surface area contributed by atoms with E-state index in [2.05, 4.69) is 5.32 Å². The topological polar surface area (TPSA) is 84.9 Å². The van der Waals surface area contributed by atoms with E-state index in [9.17, 15) is 9.59 Å². The third-order valence-corrected chi connectivity index (χ3v) is 2.40. The lowest BCUT2D eigenvalue weighted by Gasteiger charge is -2.11. The second-order valence-electron chi connectivity index (χ2n) is 3.88. The second-order valence-corrected chi connectivity index (χ2v) is 3.88. The molecule has 0 aromatic heterocycles. The Labute approximate surface area is 111 Å². The lowest BCUT2D eigenvalue weighted by Crippen LogP contribution is -2.38. The zero-order valence-electron chi connectivity index (χ0n) is 10.9. The molecule has 0 aliphatic carbocycles. The lowest BCUT2D eigenvalue weighted by molar-refractivity contribution is -0.141. The highest BCUT2D eigenvalue weighted by atomic mass is 16.5. The maximum absolute atomic E-state index is 11.4. The van der Waals surface area contributed by atoms with Gasteiger partial charge in [0.25, 0.3) is 0 Å². The highest BCUT2D eigenvalue weighted by Crippen LogP contribution is 2.25. The van der Waals surface area contributed by atoms with Crippen LogP contribution >= 0.6 is 0 Å². The Bertz CT molecular complexity index is 446. The Morgan fingerprint density at radius 3 is 2.53 bits per heavy atom. The van der Waals surface area contributed by atoms with Crippen molar-refractivity contribution in [2.75, 3.05) is 13.7 Å². The van der Waals surface area contributed by atoms with Gasteiger partial charge in [-0.05, 0) is 19.1 Å². The number of benzene rings is 1. The average Bonchev–Trinajstić information content (AvgIpc) is 2.39. The van der Waals surface area contributed by atoms with Crippen LogP contribution in [0.5, 0.6) is 11.5 Å². The monoisotopic (exact) mass is 267 g/mol. The number of aliphatic carboxylic acids is 1. The van der Waals surface area contributed by atoms with Gasteiger partial charge in [0.05, 0.1) is 20.1 Å². The van der Waals surface area contributed by atoms with Gasteiger partial charge in [0, 0.05) is 0 Å². The van der Waals surface area contributed by atoms with E-state index in [4.69, 9.17) is 14.6 Å². The van der Waals surface area contributed by atoms with Gasteiger partial charge in [-0.1, -0.05) is 12.1 Å². The van der Waals surface area contributed by atoms with E-state index < -0.39 is 12.0 Å². The number of carboxylic acids is 1. The van der Waals surface area contributed by atoms with Gasteiger partial charge >= 0.3 is 5.97 Å². The Hall–Kier alpha value is -2.24. The number of carbonyl (C=O) groups excluding carboxylic acids is 1. The van der Waals surface area contributed by atoms with E-state index in [1.165, 1.54) is 14.0 Å². The molecule has 0 saturated heterocycles. The van der Waals surface area contributed by atoms with Crippen molar-refractivity contribution in [2.24, 2.45) is 0 Å². The van der Waals surface area contributed by atoms with Crippen LogP contribution in [-0.2, 0) is 9.59 Å². The van der Waals surface area contributed by atoms with Crippen molar-refractivity contribution in [1.29, 1.82) is 0 Å². The lowest BCUT2D eigenvalue weighted by atomic mass is 10.3. The summed E-state index contributed by atoms with van der Waals surface area (Å²) in [7, 11) is 1.53. The molecule has 1 amide bonds. The number of rotatable bonds is 7. The number of hydrogen-bond donors (Lipinski definition) is 2. The van der Waals surface area contributed by atoms with Gasteiger partial charge in [-0.25, -0.2) is 0 Å². The summed E-state index contributed by atoms with van der Waals surface area (Å²) < 4.78 is 10.5. The van der Waals surface area contributed by atoms with Crippen molar-refractivity contribution in [1.82, 2.24) is 5.32 Å². The fraction of sp³-hybridized carbons (Fsp3) is 0.385. The van der Waals surface area contributed by atoms with E-state index >= 15 is 0 Å². The third-order valence-electron chi connectivity index (χ3n) is 2.40. The van der Waals surface area contributed by atoms with Crippen LogP contribution in [-0.4, -0.2) is 36.7 Å². The molecule has 19 heavy (non-hydrogen) atoms. The summed E-state index contributed by atoms with van der Waals surface area (Å²) >= 11 is 0. The molecule has 0 aliphatic rings. The van der Waals surface area contributed by atoms with Crippen LogP contribution in [0, 0.1) is 0 Å². The fourth-order valence-electron chi connectivity index (χ4n) is 1.37. The summed E-state index contributed by atoms with van der Waals surface area (Å²) in [6, 6.07) is 6.19. The summed E-state index contributed by atoms with van der Waals surface area (Å²) in [4.78, 5) is 22.0. The normalized spacial score (nSPS) is 11.5. The summed E-state index contributed by atoms with van der Waals surface area (Å²) in [6.07, 6.45) is 0.0790. The zero-order chi connectivity index (χ0) is 14.3. The van der Waals surface area contributed by atoms with Crippen LogP contribution in [0.2, 0.25) is 0 Å². The molecule has 1 rings (SSSR count). The maximum Gasteiger partial charge on any atom is 0.325 e. The van der Waals surface area contributed by atoms with Gasteiger partial charge in [-0.3, -0.25) is 9.59 Å². The van der Waals surface area contributed by atoms with Crippen molar-refractivity contribution in [3.8, 4) is 11.5 Å². The van der Waals surface area contributed by atoms with E-state index in [0.29, 0.717) is 11.5 Å². The van der Waals surface area contributed by atoms with E-state index in [0.717, 1.165) is 0 Å². The predicted molar refractivity (Wildman–Crippen MR) is 68.3 cm³/mol. The quantitative estimate of drug-likeness (QED) is 0.771. The molecule has 1 atom stereocenters. The molecule has 0 spiro atoms. The van der Waals surface area contributed by atoms with Gasteiger partial charge in [0.15, 0.2) is 11.5 Å². The van der Waals surface area contributed by atoms with Crippen LogP contribution < -0.4 is 14.8 Å². The molecule has 0 radical (unpaired) electrons. The number of para-hydroxylation sites is 2. The second kappa shape index (κ2) is 7.25. The molecular weight excluding hydrogens is 250 g/mol. The number of ether oxygens (including phenoxy) is 2. The molecule has 0 saturated carbocycles. The summed E-state index contributed by atoms with van der Waals surface area (Å²) in [5, 5.41) is 11.0. The van der Waals surface area contributed by atoms with Crippen LogP contribution in [0.1, 0.15) is 13.3 Å². The van der Waals surface area contributed by atoms with Crippen molar-refractivity contribution < 1.29 is 24.2 Å². The van der Waals surface area contributed by atoms with Gasteiger partial charge < -0.3 is 19.9 Å². The first-order valence-corrected chi connectivity index (χ1v) is 5.82. The van der Waals surface area contributed by atoms with Crippen molar-refractivity contribution in [3.05, 3.63) is 24.3 Å². The van der Waals surface area contributed by atoms with Gasteiger partial charge in [-0.15, -0.1) is 0 Å². The molecular formula is C13H17NO5. The predicted octanol–water partition coefficient (Wildman–Crippen LogP) is 1.05. The van der Waals surface area contributed by atoms with E-state index in [-0.39, 0.29) is 18.9 Å². The first-order chi connectivity index (χ1) is 9.04. The molecule has 2 N–H and O–H groups in total. The minimum Gasteiger partial charge on any atom is -0.493 e. The van der Waals surface area contributed by atoms with Crippen LogP contribution in [0.3, 0.4) is 0 Å². The SMILES string of the molecule is COc1ccccc1OCCC(=O)N[C@H](C)C(=O)O. The minimum atomic E-state index is -1.07. The number of carbonyl (C=O) groups is 2. The van der Waals surface area contributed by atoms with E-state index in [1.54, 1.807) is 18.2 Å². The number of carboxylic acid groups (broad SMARTS) is 1. The highest BCUT2D eigenvalue weighted by Gasteiger charge is 2.13. The van der Waals surface area contributed by atoms with Gasteiger partial charge in [0.2, 0.25) is 5.91 Å². The first-order valence-electron chi connectivity index (χ1n) is 5.82. The number of amides is 1. The molecule has 0 fully saturated rings. The van der Waals surface area contributed by atoms with Crippen LogP contribution in [0.4, 0.5) is 0 Å². The number of nitrogens with one attached hydrogen (secondary N) is 1. The van der Waals surface area contributed by atoms with Gasteiger partial charge in [-0.2, -0.15) is 0 Å². The summed E-state index contributed by atoms with van der Waals surface area (Å²) in [5.74, 6) is -0.310. The number of methoxy groups -OCH3 is 1. The molecule has 1 aromatic carbocycles. The van der Waals surface area contributed by atoms with Gasteiger partial charge in [0.1, 0.15) is 6.04 Å². The Balaban J connectivity index is 2.38. The summed E-state index contributed by atoms with van der Waals surface area (Å²) in [6.45, 7) is 1.56. The molecule has 0 heterocycles. The Morgan fingerprint density at radius 2 is 1.95 bits per heavy atom. The molecule has 0 unspecified atom stereocenters. The molecule has 6 nitrogen and oxygen atoms in total. The Kier molecular flexibility index (Phi) is 5.66. The average molecular weight is 267 g/mol. The minimum absolute atomic E-state index is 0.0790. The number of hydrogen-bond acceptors (Lipinski definition) is 4. The van der Waals surface area contributed by atoms with Crippen molar-refractivity contribution >= 4 is 11.9 Å². The molecule has 0 bridgehead atoms. The smallest absolute Gasteiger partial charge is 0.325 e. The molecule has 1 aromatic rings.